The van der Waals surface area contributed by atoms with E-state index >= 15 is 0 Å². The van der Waals surface area contributed by atoms with Crippen LogP contribution in [0.5, 0.6) is 0 Å². The van der Waals surface area contributed by atoms with E-state index in [0.29, 0.717) is 6.42 Å². The van der Waals surface area contributed by atoms with Crippen LogP contribution in [0.3, 0.4) is 0 Å². The van der Waals surface area contributed by atoms with Crippen molar-refractivity contribution in [2.24, 2.45) is 0 Å². The predicted molar refractivity (Wildman–Crippen MR) is 95.9 cm³/mol. The number of aliphatic hydroxyl groups is 1. The standard InChI is InChI=1S/C17H33O7P/c1-2-3-4-5-6-7-8-9-10-11-12-13-17(19)24-16(14-18)15-23-25(20,21)22/h7-8,16,18H,2-6,9-15H2,1H3,(H2,20,21,22)/b8-7-/t16-/m1/s1. The maximum absolute atomic E-state index is 11.6. The van der Waals surface area contributed by atoms with Crippen LogP contribution >= 0.6 is 7.82 Å². The van der Waals surface area contributed by atoms with E-state index in [0.717, 1.165) is 25.7 Å². The smallest absolute Gasteiger partial charge is 0.457 e. The maximum atomic E-state index is 11.6. The highest BCUT2D eigenvalue weighted by Crippen LogP contribution is 2.35. The summed E-state index contributed by atoms with van der Waals surface area (Å²) in [6.07, 6.45) is 13.4. The third-order valence-electron chi connectivity index (χ3n) is 3.57. The number of aliphatic hydroxyl groups excluding tert-OH is 1. The van der Waals surface area contributed by atoms with Crippen molar-refractivity contribution in [3.63, 3.8) is 0 Å². The number of rotatable bonds is 16. The average molecular weight is 380 g/mol. The monoisotopic (exact) mass is 380 g/mol. The van der Waals surface area contributed by atoms with Gasteiger partial charge in [-0.2, -0.15) is 0 Å². The van der Waals surface area contributed by atoms with Gasteiger partial charge in [-0.05, 0) is 32.1 Å². The molecule has 25 heavy (non-hydrogen) atoms. The molecule has 148 valence electrons. The summed E-state index contributed by atoms with van der Waals surface area (Å²) >= 11 is 0. The second kappa shape index (κ2) is 15.5. The summed E-state index contributed by atoms with van der Waals surface area (Å²) in [5, 5.41) is 9.01. The lowest BCUT2D eigenvalue weighted by Crippen LogP contribution is -2.26. The van der Waals surface area contributed by atoms with Crippen LogP contribution in [-0.2, 0) is 18.6 Å². The molecule has 0 amide bonds. The van der Waals surface area contributed by atoms with E-state index in [1.54, 1.807) is 0 Å². The van der Waals surface area contributed by atoms with E-state index in [-0.39, 0.29) is 6.42 Å². The van der Waals surface area contributed by atoms with Gasteiger partial charge in [0.15, 0.2) is 0 Å². The highest BCUT2D eigenvalue weighted by Gasteiger charge is 2.20. The Morgan fingerprint density at radius 3 is 2.16 bits per heavy atom. The lowest BCUT2D eigenvalue weighted by Gasteiger charge is -2.15. The van der Waals surface area contributed by atoms with Crippen LogP contribution in [-0.4, -0.2) is 40.2 Å². The van der Waals surface area contributed by atoms with Crippen LogP contribution in [0.1, 0.15) is 71.1 Å². The fraction of sp³-hybridized carbons (Fsp3) is 0.824. The van der Waals surface area contributed by atoms with Gasteiger partial charge < -0.3 is 19.6 Å². The van der Waals surface area contributed by atoms with Gasteiger partial charge in [-0.15, -0.1) is 0 Å². The highest BCUT2D eigenvalue weighted by atomic mass is 31.2. The average Bonchev–Trinajstić information content (AvgIpc) is 2.55. The van der Waals surface area contributed by atoms with Crippen LogP contribution in [0.2, 0.25) is 0 Å². The summed E-state index contributed by atoms with van der Waals surface area (Å²) in [6, 6.07) is 0. The van der Waals surface area contributed by atoms with E-state index < -0.39 is 33.1 Å². The van der Waals surface area contributed by atoms with E-state index in [4.69, 9.17) is 19.6 Å². The molecule has 0 aliphatic carbocycles. The van der Waals surface area contributed by atoms with E-state index in [1.807, 2.05) is 0 Å². The first-order chi connectivity index (χ1) is 11.9. The molecule has 0 fully saturated rings. The summed E-state index contributed by atoms with van der Waals surface area (Å²) in [5.74, 6) is -0.500. The summed E-state index contributed by atoms with van der Waals surface area (Å²) in [5.41, 5.74) is 0. The van der Waals surface area contributed by atoms with Gasteiger partial charge in [0.05, 0.1) is 13.2 Å². The first-order valence-corrected chi connectivity index (χ1v) is 10.6. The van der Waals surface area contributed by atoms with Crippen molar-refractivity contribution in [1.82, 2.24) is 0 Å². The van der Waals surface area contributed by atoms with Crippen molar-refractivity contribution in [1.29, 1.82) is 0 Å². The van der Waals surface area contributed by atoms with Gasteiger partial charge in [-0.25, -0.2) is 4.57 Å². The molecule has 3 N–H and O–H groups in total. The number of carbonyl (C=O) groups is 1. The SMILES string of the molecule is CCCCCC/C=C\CCCCCC(=O)O[C@H](CO)COP(=O)(O)O. The lowest BCUT2D eigenvalue weighted by molar-refractivity contribution is -0.153. The van der Waals surface area contributed by atoms with Crippen molar-refractivity contribution in [3.8, 4) is 0 Å². The topological polar surface area (TPSA) is 113 Å². The molecule has 0 aliphatic heterocycles. The Morgan fingerprint density at radius 2 is 1.64 bits per heavy atom. The van der Waals surface area contributed by atoms with Gasteiger partial charge in [0.2, 0.25) is 0 Å². The third kappa shape index (κ3) is 17.9. The van der Waals surface area contributed by atoms with Crippen LogP contribution in [0.4, 0.5) is 0 Å². The summed E-state index contributed by atoms with van der Waals surface area (Å²) < 4.78 is 19.7. The molecule has 0 aromatic heterocycles. The Bertz CT molecular complexity index is 406. The molecule has 8 heteroatoms. The van der Waals surface area contributed by atoms with Crippen molar-refractivity contribution < 1.29 is 33.5 Å². The molecule has 0 bridgehead atoms. The fourth-order valence-electron chi connectivity index (χ4n) is 2.18. The maximum Gasteiger partial charge on any atom is 0.469 e. The van der Waals surface area contributed by atoms with Crippen molar-refractivity contribution in [2.45, 2.75) is 77.2 Å². The number of hydrogen-bond donors (Lipinski definition) is 3. The highest BCUT2D eigenvalue weighted by molar-refractivity contribution is 7.46. The number of unbranched alkanes of at least 4 members (excludes halogenated alkanes) is 7. The predicted octanol–water partition coefficient (Wildman–Crippen LogP) is 3.48. The summed E-state index contributed by atoms with van der Waals surface area (Å²) in [7, 11) is -4.63. The first-order valence-electron chi connectivity index (χ1n) is 9.04. The number of esters is 1. The quantitative estimate of drug-likeness (QED) is 0.163. The molecular weight excluding hydrogens is 347 g/mol. The third-order valence-corrected chi connectivity index (χ3v) is 4.06. The molecular formula is C17H33O7P. The summed E-state index contributed by atoms with van der Waals surface area (Å²) in [6.45, 7) is 1.12. The largest absolute Gasteiger partial charge is 0.469 e. The Labute approximate surface area is 150 Å². The fourth-order valence-corrected chi connectivity index (χ4v) is 2.54. The van der Waals surface area contributed by atoms with Crippen LogP contribution in [0.25, 0.3) is 0 Å². The second-order valence-electron chi connectivity index (χ2n) is 6.00. The molecule has 0 rings (SSSR count). The number of phosphoric acid groups is 1. The molecule has 0 spiro atoms. The molecule has 0 aromatic rings. The molecule has 7 nitrogen and oxygen atoms in total. The van der Waals surface area contributed by atoms with Gasteiger partial charge >= 0.3 is 13.8 Å². The Kier molecular flexibility index (Phi) is 15.1. The molecule has 0 unspecified atom stereocenters. The number of hydrogen-bond acceptors (Lipinski definition) is 5. The van der Waals surface area contributed by atoms with E-state index in [1.165, 1.54) is 25.7 Å². The minimum Gasteiger partial charge on any atom is -0.457 e. The molecule has 0 saturated carbocycles. The van der Waals surface area contributed by atoms with Gasteiger partial charge in [-0.3, -0.25) is 9.32 Å². The number of allylic oxidation sites excluding steroid dienone is 2. The van der Waals surface area contributed by atoms with Crippen molar-refractivity contribution in [3.05, 3.63) is 12.2 Å². The molecule has 0 aromatic carbocycles. The second-order valence-corrected chi connectivity index (χ2v) is 7.24. The summed E-state index contributed by atoms with van der Waals surface area (Å²) in [4.78, 5) is 28.7. The van der Waals surface area contributed by atoms with E-state index in [9.17, 15) is 9.36 Å². The number of ether oxygens (including phenoxy) is 1. The van der Waals surface area contributed by atoms with Gasteiger partial charge in [0.25, 0.3) is 0 Å². The normalized spacial score (nSPS) is 13.3. The molecule has 0 heterocycles. The van der Waals surface area contributed by atoms with Crippen molar-refractivity contribution >= 4 is 13.8 Å². The minimum absolute atomic E-state index is 0.215. The van der Waals surface area contributed by atoms with Crippen molar-refractivity contribution in [2.75, 3.05) is 13.2 Å². The molecule has 0 radical (unpaired) electrons. The lowest BCUT2D eigenvalue weighted by atomic mass is 10.1. The zero-order chi connectivity index (χ0) is 19.0. The van der Waals surface area contributed by atoms with Gasteiger partial charge in [0, 0.05) is 6.42 Å². The van der Waals surface area contributed by atoms with Gasteiger partial charge in [-0.1, -0.05) is 44.8 Å². The first kappa shape index (κ1) is 24.3. The molecule has 1 atom stereocenters. The van der Waals surface area contributed by atoms with Crippen LogP contribution < -0.4 is 0 Å². The van der Waals surface area contributed by atoms with E-state index in [2.05, 4.69) is 23.6 Å². The molecule has 0 saturated heterocycles. The zero-order valence-electron chi connectivity index (χ0n) is 15.1. The zero-order valence-corrected chi connectivity index (χ0v) is 16.0. The molecule has 0 aliphatic rings. The van der Waals surface area contributed by atoms with Gasteiger partial charge in [0.1, 0.15) is 6.10 Å². The minimum atomic E-state index is -4.63. The Balaban J connectivity index is 3.62. The van der Waals surface area contributed by atoms with Crippen LogP contribution in [0, 0.1) is 0 Å². The number of phosphoric ester groups is 1. The Morgan fingerprint density at radius 1 is 1.04 bits per heavy atom. The number of carbonyl (C=O) groups excluding carboxylic acids is 1. The Hall–Kier alpha value is -0.720. The van der Waals surface area contributed by atoms with Crippen LogP contribution in [0.15, 0.2) is 12.2 Å².